The second kappa shape index (κ2) is 14.7. The van der Waals surface area contributed by atoms with Crippen molar-refractivity contribution in [1.82, 2.24) is 24.3 Å². The third-order valence-electron chi connectivity index (χ3n) is 7.53. The number of nitrogens with one attached hydrogen (secondary N) is 1. The lowest BCUT2D eigenvalue weighted by Crippen LogP contribution is -2.34. The van der Waals surface area contributed by atoms with E-state index in [0.717, 1.165) is 22.9 Å². The quantitative estimate of drug-likeness (QED) is 0.0923. The number of halogens is 7. The predicted molar refractivity (Wildman–Crippen MR) is 171 cm³/mol. The Morgan fingerprint density at radius 3 is 2.32 bits per heavy atom. The second-order valence-electron chi connectivity index (χ2n) is 12.8. The normalized spacial score (nSPS) is 13.7. The summed E-state index contributed by atoms with van der Waals surface area (Å²) < 4.78 is 106. The number of carboxylic acid groups (broad SMARTS) is 1. The van der Waals surface area contributed by atoms with Gasteiger partial charge in [-0.3, -0.25) is 9.59 Å². The van der Waals surface area contributed by atoms with Crippen LogP contribution >= 0.6 is 0 Å². The number of aromatic nitrogens is 5. The number of hydrogen-bond acceptors (Lipinski definition) is 8. The molecule has 11 nitrogen and oxygen atoms in total. The van der Waals surface area contributed by atoms with Crippen LogP contribution < -0.4 is 16.4 Å². The van der Waals surface area contributed by atoms with E-state index in [-0.39, 0.29) is 28.8 Å². The Bertz CT molecular complexity index is 1980. The standard InChI is InChI=1S/C31H33F7N6O5Si/c1-17(42-24-14-41-44(16-49-7-8-50(2,3)4)28(46)25(24)31(36,37)38)9-20(32)15-43-6-5-18-10-22(23(33)11-21(18)27(43)45)26-39-12-19(13-40-26)30(34,35)29(47)48/h5-6,10-14,17,20,42H,7-9,15-16H2,1-4H3,(H,47,48)/t17-,20+/m0/s1. The summed E-state index contributed by atoms with van der Waals surface area (Å²) in [7, 11) is -1.48. The third-order valence-corrected chi connectivity index (χ3v) is 9.24. The fourth-order valence-electron chi connectivity index (χ4n) is 4.86. The first-order chi connectivity index (χ1) is 23.2. The molecule has 270 valence electrons. The fourth-order valence-corrected chi connectivity index (χ4v) is 5.62. The number of hydrogen-bond donors (Lipinski definition) is 2. The number of carbonyl (C=O) groups is 1. The van der Waals surface area contributed by atoms with Crippen LogP contribution in [0.4, 0.5) is 36.4 Å². The van der Waals surface area contributed by atoms with Crippen LogP contribution in [-0.4, -0.2) is 62.3 Å². The van der Waals surface area contributed by atoms with Gasteiger partial charge in [-0.1, -0.05) is 19.6 Å². The Morgan fingerprint density at radius 2 is 1.72 bits per heavy atom. The van der Waals surface area contributed by atoms with E-state index < -0.39 is 91.8 Å². The predicted octanol–water partition coefficient (Wildman–Crippen LogP) is 5.89. The van der Waals surface area contributed by atoms with Gasteiger partial charge in [0, 0.05) is 45.7 Å². The molecule has 50 heavy (non-hydrogen) atoms. The number of pyridine rings is 1. The van der Waals surface area contributed by atoms with E-state index in [1.807, 2.05) is 0 Å². The summed E-state index contributed by atoms with van der Waals surface area (Å²) in [4.78, 5) is 43.8. The van der Waals surface area contributed by atoms with Gasteiger partial charge in [0.1, 0.15) is 24.3 Å². The summed E-state index contributed by atoms with van der Waals surface area (Å²) in [6.07, 6.45) is -4.13. The molecule has 0 aliphatic heterocycles. The minimum atomic E-state index is -5.06. The number of aliphatic carboxylic acids is 1. The number of ether oxygens (including phenoxy) is 1. The number of fused-ring (bicyclic) bond motifs is 1. The van der Waals surface area contributed by atoms with Crippen molar-refractivity contribution >= 4 is 30.5 Å². The minimum Gasteiger partial charge on any atom is -0.477 e. The lowest BCUT2D eigenvalue weighted by atomic mass is 10.1. The molecular formula is C31H33F7N6O5Si. The fraction of sp³-hybridized carbons (Fsp3) is 0.419. The van der Waals surface area contributed by atoms with Gasteiger partial charge < -0.3 is 19.7 Å². The van der Waals surface area contributed by atoms with Crippen molar-refractivity contribution in [2.75, 3.05) is 11.9 Å². The Labute approximate surface area is 280 Å². The van der Waals surface area contributed by atoms with Gasteiger partial charge in [-0.25, -0.2) is 28.2 Å². The van der Waals surface area contributed by atoms with E-state index in [1.165, 1.54) is 25.3 Å². The molecule has 3 aromatic heterocycles. The highest BCUT2D eigenvalue weighted by Gasteiger charge is 2.42. The number of alkyl halides is 6. The Balaban J connectivity index is 1.47. The SMILES string of the molecule is C[C@@H](C[C@@H](F)Cn1ccc2cc(-c3ncc(C(F)(F)C(=O)O)cn3)c(F)cc2c1=O)Nc1cnn(COCC[Si](C)(C)C)c(=O)c1C(F)(F)F. The van der Waals surface area contributed by atoms with E-state index in [1.54, 1.807) is 0 Å². The number of nitrogens with zero attached hydrogens (tertiary/aromatic N) is 5. The maximum absolute atomic E-state index is 15.2. The van der Waals surface area contributed by atoms with Crippen molar-refractivity contribution in [3.8, 4) is 11.4 Å². The van der Waals surface area contributed by atoms with E-state index in [9.17, 15) is 36.3 Å². The smallest absolute Gasteiger partial charge is 0.423 e. The highest BCUT2D eigenvalue weighted by Crippen LogP contribution is 2.33. The highest BCUT2D eigenvalue weighted by molar-refractivity contribution is 6.76. The molecule has 0 amide bonds. The van der Waals surface area contributed by atoms with Crippen molar-refractivity contribution in [2.24, 2.45) is 0 Å². The van der Waals surface area contributed by atoms with Crippen molar-refractivity contribution in [1.29, 1.82) is 0 Å². The topological polar surface area (TPSA) is 141 Å². The van der Waals surface area contributed by atoms with Crippen LogP contribution in [0.2, 0.25) is 25.7 Å². The maximum Gasteiger partial charge on any atom is 0.423 e. The van der Waals surface area contributed by atoms with Crippen molar-refractivity contribution in [3.63, 3.8) is 0 Å². The maximum atomic E-state index is 15.2. The average Bonchev–Trinajstić information content (AvgIpc) is 3.00. The van der Waals surface area contributed by atoms with Gasteiger partial charge in [0.2, 0.25) is 0 Å². The van der Waals surface area contributed by atoms with Gasteiger partial charge in [-0.15, -0.1) is 0 Å². The summed E-state index contributed by atoms with van der Waals surface area (Å²) >= 11 is 0. The van der Waals surface area contributed by atoms with E-state index in [4.69, 9.17) is 9.84 Å². The van der Waals surface area contributed by atoms with Crippen molar-refractivity contribution < 1.29 is 45.4 Å². The number of carboxylic acids is 1. The van der Waals surface area contributed by atoms with Crippen LogP contribution in [-0.2, 0) is 34.9 Å². The zero-order chi connectivity index (χ0) is 37.2. The monoisotopic (exact) mass is 730 g/mol. The van der Waals surface area contributed by atoms with Crippen LogP contribution in [0, 0.1) is 5.82 Å². The molecule has 19 heteroatoms. The minimum absolute atomic E-state index is 0.167. The second-order valence-corrected chi connectivity index (χ2v) is 18.5. The summed E-state index contributed by atoms with van der Waals surface area (Å²) in [5.41, 5.74) is -5.70. The van der Waals surface area contributed by atoms with Crippen LogP contribution in [0.3, 0.4) is 0 Å². The van der Waals surface area contributed by atoms with Crippen molar-refractivity contribution in [3.05, 3.63) is 80.6 Å². The first-order valence-electron chi connectivity index (χ1n) is 15.1. The number of benzene rings is 1. The molecule has 2 N–H and O–H groups in total. The zero-order valence-corrected chi connectivity index (χ0v) is 28.2. The largest absolute Gasteiger partial charge is 0.477 e. The Morgan fingerprint density at radius 1 is 1.06 bits per heavy atom. The molecule has 4 aromatic rings. The first kappa shape index (κ1) is 38.2. The van der Waals surface area contributed by atoms with Gasteiger partial charge in [0.15, 0.2) is 5.82 Å². The number of anilines is 1. The summed E-state index contributed by atoms with van der Waals surface area (Å²) in [6.45, 7) is 6.88. The van der Waals surface area contributed by atoms with Crippen molar-refractivity contribution in [2.45, 2.75) is 76.6 Å². The van der Waals surface area contributed by atoms with E-state index in [2.05, 4.69) is 40.0 Å². The zero-order valence-electron chi connectivity index (χ0n) is 27.2. The summed E-state index contributed by atoms with van der Waals surface area (Å²) in [5, 5.41) is 14.9. The van der Waals surface area contributed by atoms with E-state index in [0.29, 0.717) is 17.1 Å². The van der Waals surface area contributed by atoms with Gasteiger partial charge >= 0.3 is 18.1 Å². The number of rotatable bonds is 14. The molecule has 0 saturated heterocycles. The van der Waals surface area contributed by atoms with Crippen LogP contribution in [0.1, 0.15) is 24.5 Å². The highest BCUT2D eigenvalue weighted by atomic mass is 28.3. The molecule has 0 spiro atoms. The van der Waals surface area contributed by atoms with Crippen LogP contribution in [0.15, 0.2) is 52.6 Å². The molecule has 0 unspecified atom stereocenters. The van der Waals surface area contributed by atoms with Crippen LogP contribution in [0.25, 0.3) is 22.2 Å². The molecule has 0 saturated carbocycles. The lowest BCUT2D eigenvalue weighted by Gasteiger charge is -2.21. The summed E-state index contributed by atoms with van der Waals surface area (Å²) in [5.74, 6) is -8.08. The molecule has 0 aliphatic rings. The molecule has 1 aromatic carbocycles. The van der Waals surface area contributed by atoms with Crippen LogP contribution in [0.5, 0.6) is 0 Å². The first-order valence-corrected chi connectivity index (χ1v) is 18.8. The van der Waals surface area contributed by atoms with Gasteiger partial charge in [0.25, 0.3) is 11.1 Å². The third kappa shape index (κ3) is 8.92. The Kier molecular flexibility index (Phi) is 11.2. The molecule has 0 aliphatic carbocycles. The summed E-state index contributed by atoms with van der Waals surface area (Å²) in [6, 6.07) is 3.12. The molecular weight excluding hydrogens is 697 g/mol. The van der Waals surface area contributed by atoms with E-state index >= 15 is 8.78 Å². The lowest BCUT2D eigenvalue weighted by molar-refractivity contribution is -0.166. The Hall–Kier alpha value is -4.65. The average molecular weight is 731 g/mol. The van der Waals surface area contributed by atoms with Gasteiger partial charge in [-0.2, -0.15) is 27.1 Å². The molecule has 0 fully saturated rings. The molecule has 2 atom stereocenters. The molecule has 0 bridgehead atoms. The van der Waals surface area contributed by atoms with Gasteiger partial charge in [-0.05, 0) is 36.6 Å². The molecule has 3 heterocycles. The molecule has 4 rings (SSSR count). The van der Waals surface area contributed by atoms with Gasteiger partial charge in [0.05, 0.1) is 34.9 Å². The molecule has 0 radical (unpaired) electrons.